The predicted octanol–water partition coefficient (Wildman–Crippen LogP) is 1.65. The van der Waals surface area contributed by atoms with Crippen molar-refractivity contribution < 1.29 is 43.0 Å². The molecule has 0 aliphatic carbocycles. The van der Waals surface area contributed by atoms with E-state index in [1.807, 2.05) is 73.8 Å². The number of carbonyl (C=O) groups is 2. The zero-order valence-electron chi connectivity index (χ0n) is 22.0. The number of carboxylic acids is 1. The third kappa shape index (κ3) is 9.81. The van der Waals surface area contributed by atoms with E-state index in [2.05, 4.69) is 5.32 Å². The Morgan fingerprint density at radius 3 is 2.21 bits per heavy atom. The molecule has 0 aliphatic heterocycles. The molecule has 0 saturated carbocycles. The molecule has 38 heavy (non-hydrogen) atoms. The van der Waals surface area contributed by atoms with Crippen molar-refractivity contribution in [3.8, 4) is 11.1 Å². The van der Waals surface area contributed by atoms with Gasteiger partial charge in [-0.15, -0.1) is 0 Å². The van der Waals surface area contributed by atoms with Crippen LogP contribution in [0.25, 0.3) is 11.1 Å². The minimum absolute atomic E-state index is 0. The molecule has 0 bridgehead atoms. The van der Waals surface area contributed by atoms with Gasteiger partial charge in [-0.1, -0.05) is 54.1 Å². The molecule has 1 atom stereocenters. The van der Waals surface area contributed by atoms with Crippen molar-refractivity contribution in [3.63, 3.8) is 0 Å². The smallest absolute Gasteiger partial charge is 0.548 e. The molecule has 0 fully saturated rings. The second kappa shape index (κ2) is 16.7. The van der Waals surface area contributed by atoms with Crippen LogP contribution < -0.4 is 29.3 Å². The summed E-state index contributed by atoms with van der Waals surface area (Å²) in [5.41, 5.74) is 4.96. The summed E-state index contributed by atoms with van der Waals surface area (Å²) < 4.78 is 11.5. The van der Waals surface area contributed by atoms with Crippen LogP contribution in [0.3, 0.4) is 0 Å². The number of benzene rings is 3. The van der Waals surface area contributed by atoms with E-state index in [0.717, 1.165) is 27.8 Å². The molecule has 0 aromatic heterocycles. The monoisotopic (exact) mass is 547 g/mol. The van der Waals surface area contributed by atoms with Gasteiger partial charge >= 0.3 is 18.9 Å². The fourth-order valence-corrected chi connectivity index (χ4v) is 4.37. The average Bonchev–Trinajstić information content (AvgIpc) is 2.89. The first kappa shape index (κ1) is 32.0. The number of amides is 1. The molecule has 1 amide bonds. The van der Waals surface area contributed by atoms with E-state index in [4.69, 9.17) is 21.1 Å². The Morgan fingerprint density at radius 1 is 0.947 bits per heavy atom. The number of carbonyl (C=O) groups excluding carboxylic acids is 2. The first-order valence-electron chi connectivity index (χ1n) is 12.0. The van der Waals surface area contributed by atoms with Gasteiger partial charge in [-0.2, -0.15) is 11.8 Å². The number of carboxylic acid groups (broad SMARTS) is 1. The zero-order chi connectivity index (χ0) is 26.6. The quantitative estimate of drug-likeness (QED) is 0.244. The topological polar surface area (TPSA) is 87.7 Å². The summed E-state index contributed by atoms with van der Waals surface area (Å²) in [6.07, 6.45) is 2.18. The van der Waals surface area contributed by atoms with E-state index in [0.29, 0.717) is 49.2 Å². The Balaban J connectivity index is 0.00000507. The summed E-state index contributed by atoms with van der Waals surface area (Å²) in [6, 6.07) is 19.7. The maximum absolute atomic E-state index is 13.1. The minimum atomic E-state index is -1.29. The van der Waals surface area contributed by atoms with Crippen LogP contribution in [0.15, 0.2) is 66.7 Å². The molecular weight excluding hydrogens is 517 g/mol. The Morgan fingerprint density at radius 2 is 1.58 bits per heavy atom. The Bertz CT molecular complexity index is 1190. The van der Waals surface area contributed by atoms with Crippen molar-refractivity contribution >= 4 is 35.2 Å². The third-order valence-corrected chi connectivity index (χ3v) is 6.68. The summed E-state index contributed by atoms with van der Waals surface area (Å²) in [4.78, 5) is 24.7. The summed E-state index contributed by atoms with van der Waals surface area (Å²) in [6.45, 7) is 3.65. The van der Waals surface area contributed by atoms with Gasteiger partial charge in [0, 0.05) is 10.6 Å². The third-order valence-electron chi connectivity index (χ3n) is 5.79. The summed E-state index contributed by atoms with van der Waals surface area (Å²) in [5, 5.41) is 14.9. The van der Waals surface area contributed by atoms with Gasteiger partial charge in [-0.05, 0) is 77.4 Å². The van der Waals surface area contributed by atoms with E-state index in [1.54, 1.807) is 6.07 Å². The van der Waals surface area contributed by atoms with Crippen LogP contribution in [0.5, 0.6) is 0 Å². The number of ether oxygens (including phenoxy) is 2. The maximum Gasteiger partial charge on any atom is 1.00 e. The van der Waals surface area contributed by atoms with Crippen LogP contribution in [-0.2, 0) is 27.5 Å². The van der Waals surface area contributed by atoms with Crippen molar-refractivity contribution in [1.82, 2.24) is 5.32 Å². The molecule has 1 N–H and O–H groups in total. The molecule has 0 unspecified atom stereocenters. The number of thioether (sulfide) groups is 1. The summed E-state index contributed by atoms with van der Waals surface area (Å²) in [5.74, 6) is -1.14. The Labute approximate surface area is 245 Å². The molecule has 6 nitrogen and oxygen atoms in total. The van der Waals surface area contributed by atoms with E-state index < -0.39 is 17.9 Å². The van der Waals surface area contributed by atoms with Crippen molar-refractivity contribution in [3.05, 3.63) is 94.0 Å². The van der Waals surface area contributed by atoms with Gasteiger partial charge in [0.05, 0.1) is 38.4 Å². The number of hydrogen-bond donors (Lipinski definition) is 1. The molecule has 3 aromatic carbocycles. The zero-order valence-corrected chi connectivity index (χ0v) is 23.6. The molecular formula is C29H31ClLiNO5S. The van der Waals surface area contributed by atoms with Gasteiger partial charge in [-0.25, -0.2) is 0 Å². The normalized spacial score (nSPS) is 11.4. The van der Waals surface area contributed by atoms with Gasteiger partial charge in [0.15, 0.2) is 0 Å². The summed E-state index contributed by atoms with van der Waals surface area (Å²) in [7, 11) is 0. The van der Waals surface area contributed by atoms with Gasteiger partial charge in [-0.3, -0.25) is 4.79 Å². The first-order chi connectivity index (χ1) is 17.9. The number of aryl methyl sites for hydroxylation is 1. The fraction of sp³-hybridized carbons (Fsp3) is 0.310. The van der Waals surface area contributed by atoms with Crippen LogP contribution in [0.4, 0.5) is 0 Å². The first-order valence-corrected chi connectivity index (χ1v) is 13.8. The predicted molar refractivity (Wildman–Crippen MR) is 147 cm³/mol. The van der Waals surface area contributed by atoms with Gasteiger partial charge in [0.25, 0.3) is 5.91 Å². The molecule has 196 valence electrons. The van der Waals surface area contributed by atoms with Gasteiger partial charge in [0.2, 0.25) is 0 Å². The maximum atomic E-state index is 13.1. The number of nitrogens with one attached hydrogen (secondary N) is 1. The largest absolute Gasteiger partial charge is 1.00 e. The van der Waals surface area contributed by atoms with Crippen molar-refractivity contribution in [2.75, 3.05) is 25.2 Å². The molecule has 0 saturated heterocycles. The number of halogens is 1. The fourth-order valence-electron chi connectivity index (χ4n) is 3.78. The molecule has 3 aromatic rings. The van der Waals surface area contributed by atoms with Crippen LogP contribution in [0.1, 0.15) is 33.5 Å². The van der Waals surface area contributed by atoms with E-state index >= 15 is 0 Å². The van der Waals surface area contributed by atoms with Crippen molar-refractivity contribution in [2.45, 2.75) is 32.6 Å². The van der Waals surface area contributed by atoms with Crippen LogP contribution in [0, 0.1) is 6.92 Å². The molecule has 0 heterocycles. The molecule has 0 radical (unpaired) electrons. The Hall–Kier alpha value is -2.24. The van der Waals surface area contributed by atoms with Crippen molar-refractivity contribution in [1.29, 1.82) is 0 Å². The van der Waals surface area contributed by atoms with Gasteiger partial charge in [0.1, 0.15) is 0 Å². The molecule has 9 heteroatoms. The molecule has 3 rings (SSSR count). The van der Waals surface area contributed by atoms with Crippen LogP contribution >= 0.6 is 23.4 Å². The second-order valence-corrected chi connectivity index (χ2v) is 9.98. The standard InChI is InChI=1S/C29H32ClNO5S.Li/c1-20-5-3-4-6-24(20)26-17-22(19-36-15-14-35-18-21-7-10-23(30)11-8-21)9-12-25(26)28(32)31-27(29(33)34)13-16-37-2;/h3-12,17,27H,13-16,18-19H2,1-2H3,(H,31,32)(H,33,34);/q;+1/p-1/t27-;/m0./s1. The van der Waals surface area contributed by atoms with E-state index in [1.165, 1.54) is 11.8 Å². The Kier molecular flexibility index (Phi) is 14.0. The summed E-state index contributed by atoms with van der Waals surface area (Å²) >= 11 is 7.42. The van der Waals surface area contributed by atoms with Crippen molar-refractivity contribution in [2.24, 2.45) is 0 Å². The number of rotatable bonds is 14. The average molecular weight is 548 g/mol. The minimum Gasteiger partial charge on any atom is -0.548 e. The van der Waals surface area contributed by atoms with Gasteiger partial charge < -0.3 is 24.7 Å². The second-order valence-electron chi connectivity index (χ2n) is 8.55. The SMILES string of the molecule is CSCC[C@H](NC(=O)c1ccc(COCCOCc2ccc(Cl)cc2)cc1-c1ccccc1C)C(=O)[O-].[Li+]. The van der Waals surface area contributed by atoms with Crippen LogP contribution in [0.2, 0.25) is 5.02 Å². The number of hydrogen-bond acceptors (Lipinski definition) is 6. The molecule has 0 spiro atoms. The molecule has 0 aliphatic rings. The van der Waals surface area contributed by atoms with E-state index in [9.17, 15) is 14.7 Å². The van der Waals surface area contributed by atoms with E-state index in [-0.39, 0.29) is 18.9 Å². The number of aliphatic carboxylic acids is 1. The van der Waals surface area contributed by atoms with Crippen LogP contribution in [-0.4, -0.2) is 43.1 Å².